The number of alkyl halides is 2. The number of aliphatic carboxylic acids is 1. The van der Waals surface area contributed by atoms with Crippen molar-refractivity contribution in [1.29, 1.82) is 0 Å². The second-order valence-electron chi connectivity index (χ2n) is 7.38. The van der Waals surface area contributed by atoms with Crippen molar-refractivity contribution in [3.05, 3.63) is 29.6 Å². The van der Waals surface area contributed by atoms with Crippen molar-refractivity contribution in [2.75, 3.05) is 0 Å². The molecule has 0 amide bonds. The maximum atomic E-state index is 14.3. The summed E-state index contributed by atoms with van der Waals surface area (Å²) in [4.78, 5) is 22.8. The van der Waals surface area contributed by atoms with Gasteiger partial charge in [0, 0.05) is 0 Å². The summed E-state index contributed by atoms with van der Waals surface area (Å²) in [5.74, 6) is -10.2. The Morgan fingerprint density at radius 1 is 1.22 bits per heavy atom. The van der Waals surface area contributed by atoms with Crippen LogP contribution in [0.1, 0.15) is 56.8 Å². The summed E-state index contributed by atoms with van der Waals surface area (Å²) in [5.41, 5.74) is -0.807. The Balaban J connectivity index is 2.16. The molecule has 1 aromatic carbocycles. The van der Waals surface area contributed by atoms with E-state index in [9.17, 15) is 27.9 Å². The van der Waals surface area contributed by atoms with E-state index in [4.69, 9.17) is 4.74 Å². The molecule has 0 aliphatic heterocycles. The molecule has 1 unspecified atom stereocenters. The van der Waals surface area contributed by atoms with Gasteiger partial charge in [0.15, 0.2) is 17.7 Å². The number of carbonyl (C=O) groups excluding carboxylic acids is 2. The lowest BCUT2D eigenvalue weighted by Crippen LogP contribution is -2.53. The van der Waals surface area contributed by atoms with E-state index >= 15 is 0 Å². The highest BCUT2D eigenvalue weighted by Gasteiger charge is 2.46. The smallest absolute Gasteiger partial charge is 0.338 e. The molecular weight excluding hydrogens is 365 g/mol. The van der Waals surface area contributed by atoms with Crippen LogP contribution in [0.25, 0.3) is 0 Å². The number of esters is 1. The van der Waals surface area contributed by atoms with E-state index in [-0.39, 0.29) is 11.3 Å². The molecule has 1 fully saturated rings. The first-order valence-corrected chi connectivity index (χ1v) is 8.75. The predicted octanol–water partition coefficient (Wildman–Crippen LogP) is 3.10. The molecule has 0 radical (unpaired) electrons. The first kappa shape index (κ1) is 21.1. The minimum absolute atomic E-state index is 0.0450. The van der Waals surface area contributed by atoms with Crippen LogP contribution in [0.2, 0.25) is 0 Å². The van der Waals surface area contributed by atoms with Gasteiger partial charge in [-0.1, -0.05) is 13.8 Å². The van der Waals surface area contributed by atoms with Gasteiger partial charge in [0.1, 0.15) is 11.6 Å². The third-order valence-corrected chi connectivity index (χ3v) is 4.65. The molecule has 0 saturated heterocycles. The molecule has 1 aliphatic rings. The van der Waals surface area contributed by atoms with E-state index in [1.54, 1.807) is 0 Å². The number of carboxylic acids is 1. The Morgan fingerprint density at radius 3 is 2.30 bits per heavy atom. The highest BCUT2D eigenvalue weighted by Crippen LogP contribution is 2.35. The third kappa shape index (κ3) is 4.73. The molecule has 1 saturated carbocycles. The Hall–Kier alpha value is -2.25. The molecule has 0 heterocycles. The Kier molecular flexibility index (Phi) is 6.07. The van der Waals surface area contributed by atoms with Gasteiger partial charge in [0.05, 0.1) is 5.56 Å². The van der Waals surface area contributed by atoms with Crippen LogP contribution in [0.4, 0.5) is 13.2 Å². The molecule has 1 atom stereocenters. The zero-order valence-electron chi connectivity index (χ0n) is 15.4. The van der Waals surface area contributed by atoms with Crippen molar-refractivity contribution < 1.29 is 37.3 Å². The Labute approximate surface area is 155 Å². The molecule has 1 aliphatic carbocycles. The number of rotatable bonds is 7. The van der Waals surface area contributed by atoms with Gasteiger partial charge in [-0.2, -0.15) is 8.78 Å². The molecule has 0 aromatic heterocycles. The van der Waals surface area contributed by atoms with Crippen LogP contribution in [-0.2, 0) is 9.53 Å². The molecule has 0 bridgehead atoms. The maximum Gasteiger partial charge on any atom is 0.338 e. The van der Waals surface area contributed by atoms with Crippen LogP contribution in [0.3, 0.4) is 0 Å². The van der Waals surface area contributed by atoms with Crippen molar-refractivity contribution in [1.82, 2.24) is 0 Å². The van der Waals surface area contributed by atoms with E-state index in [0.717, 1.165) is 31.7 Å². The summed E-state index contributed by atoms with van der Waals surface area (Å²) in [6.07, 6.45) is 1.28. The topological polar surface area (TPSA) is 75.7 Å². The van der Waals surface area contributed by atoms with Gasteiger partial charge >= 0.3 is 11.9 Å². The van der Waals surface area contributed by atoms with Crippen molar-refractivity contribution >= 4 is 11.9 Å². The van der Waals surface area contributed by atoms with Gasteiger partial charge < -0.3 is 19.4 Å². The molecule has 0 N–H and O–H groups in total. The predicted molar refractivity (Wildman–Crippen MR) is 87.9 cm³/mol. The number of carboxylic acid groups (broad SMARTS) is 1. The van der Waals surface area contributed by atoms with Crippen molar-refractivity contribution in [2.45, 2.75) is 64.1 Å². The van der Waals surface area contributed by atoms with Crippen LogP contribution >= 0.6 is 0 Å². The second-order valence-corrected chi connectivity index (χ2v) is 7.38. The monoisotopic (exact) mass is 387 g/mol. The standard InChI is InChI=1S/C19H23F3O5/c1-11(2)15(19(21,22)17(24)25)26-16(23)12-6-7-14(13(20)10-12)27-18(3)8-4-5-9-18/h6-7,10-11,15H,4-5,8-9H2,1-3H3,(H,24,25)/p-1. The van der Waals surface area contributed by atoms with Gasteiger partial charge in [-0.05, 0) is 56.7 Å². The van der Waals surface area contributed by atoms with E-state index in [1.165, 1.54) is 26.0 Å². The molecule has 0 spiro atoms. The van der Waals surface area contributed by atoms with Gasteiger partial charge in [-0.25, -0.2) is 9.18 Å². The number of halogens is 3. The average Bonchev–Trinajstić information content (AvgIpc) is 3.00. The zero-order valence-corrected chi connectivity index (χ0v) is 15.4. The number of hydrogen-bond donors (Lipinski definition) is 0. The summed E-state index contributed by atoms with van der Waals surface area (Å²) in [7, 11) is 0. The van der Waals surface area contributed by atoms with Crippen LogP contribution in [0.5, 0.6) is 5.75 Å². The SMILES string of the molecule is CC(C)C(OC(=O)c1ccc(OC2(C)CCCC2)c(F)c1)C(F)(F)C(=O)[O-]. The van der Waals surface area contributed by atoms with Gasteiger partial charge in [0.25, 0.3) is 0 Å². The maximum absolute atomic E-state index is 14.3. The van der Waals surface area contributed by atoms with Crippen LogP contribution in [-0.4, -0.2) is 29.6 Å². The Bertz CT molecular complexity index is 711. The molecule has 150 valence electrons. The largest absolute Gasteiger partial charge is 0.544 e. The number of carbonyl (C=O) groups is 2. The lowest BCUT2D eigenvalue weighted by molar-refractivity contribution is -0.337. The summed E-state index contributed by atoms with van der Waals surface area (Å²) in [6, 6.07) is 3.24. The fraction of sp³-hybridized carbons (Fsp3) is 0.579. The summed E-state index contributed by atoms with van der Waals surface area (Å²) < 4.78 is 52.1. The molecule has 2 rings (SSSR count). The van der Waals surface area contributed by atoms with Crippen LogP contribution < -0.4 is 9.84 Å². The van der Waals surface area contributed by atoms with E-state index in [1.807, 2.05) is 6.92 Å². The molecule has 5 nitrogen and oxygen atoms in total. The lowest BCUT2D eigenvalue weighted by Gasteiger charge is -2.30. The van der Waals surface area contributed by atoms with E-state index in [2.05, 4.69) is 4.74 Å². The van der Waals surface area contributed by atoms with E-state index < -0.39 is 41.3 Å². The number of hydrogen-bond acceptors (Lipinski definition) is 5. The number of ether oxygens (including phenoxy) is 2. The van der Waals surface area contributed by atoms with Gasteiger partial charge in [-0.3, -0.25) is 0 Å². The van der Waals surface area contributed by atoms with Gasteiger partial charge in [-0.15, -0.1) is 0 Å². The molecule has 1 aromatic rings. The minimum Gasteiger partial charge on any atom is -0.544 e. The van der Waals surface area contributed by atoms with Crippen molar-refractivity contribution in [3.8, 4) is 5.75 Å². The normalized spacial score (nSPS) is 17.6. The third-order valence-electron chi connectivity index (χ3n) is 4.65. The first-order valence-electron chi connectivity index (χ1n) is 8.75. The average molecular weight is 387 g/mol. The molecular formula is C19H22F3O5-. The van der Waals surface area contributed by atoms with Crippen LogP contribution in [0, 0.1) is 11.7 Å². The van der Waals surface area contributed by atoms with E-state index in [0.29, 0.717) is 0 Å². The van der Waals surface area contributed by atoms with Crippen molar-refractivity contribution in [2.24, 2.45) is 5.92 Å². The number of benzene rings is 1. The highest BCUT2D eigenvalue weighted by atomic mass is 19.3. The summed E-state index contributed by atoms with van der Waals surface area (Å²) in [6.45, 7) is 4.42. The highest BCUT2D eigenvalue weighted by molar-refractivity contribution is 5.90. The van der Waals surface area contributed by atoms with Crippen molar-refractivity contribution in [3.63, 3.8) is 0 Å². The van der Waals surface area contributed by atoms with Crippen LogP contribution in [0.15, 0.2) is 18.2 Å². The lowest BCUT2D eigenvalue weighted by atomic mass is 10.0. The molecule has 8 heteroatoms. The van der Waals surface area contributed by atoms with Gasteiger partial charge in [0.2, 0.25) is 0 Å². The fourth-order valence-electron chi connectivity index (χ4n) is 3.13. The second kappa shape index (κ2) is 7.78. The summed E-state index contributed by atoms with van der Waals surface area (Å²) in [5, 5.41) is 10.6. The fourth-order valence-corrected chi connectivity index (χ4v) is 3.13. The first-order chi connectivity index (χ1) is 12.5. The Morgan fingerprint density at radius 2 is 1.81 bits per heavy atom. The zero-order chi connectivity index (χ0) is 20.4. The minimum atomic E-state index is -4.37. The molecule has 27 heavy (non-hydrogen) atoms. The quantitative estimate of drug-likeness (QED) is 0.672. The summed E-state index contributed by atoms with van der Waals surface area (Å²) >= 11 is 0.